The molecule has 0 aromatic carbocycles. The van der Waals surface area contributed by atoms with Gasteiger partial charge < -0.3 is 4.74 Å². The summed E-state index contributed by atoms with van der Waals surface area (Å²) < 4.78 is 7.66. The van der Waals surface area contributed by atoms with E-state index in [9.17, 15) is 0 Å². The van der Waals surface area contributed by atoms with Crippen LogP contribution in [0.1, 0.15) is 5.82 Å². The fourth-order valence-electron chi connectivity index (χ4n) is 2.24. The molecule has 8 nitrogen and oxygen atoms in total. The van der Waals surface area contributed by atoms with Crippen LogP contribution in [0.3, 0.4) is 0 Å². The third kappa shape index (κ3) is 3.15. The number of aryl methyl sites for hydroxylation is 1. The van der Waals surface area contributed by atoms with E-state index in [0.717, 1.165) is 32.1 Å². The normalized spacial score (nSPS) is 20.8. The molecule has 8 heteroatoms. The molecule has 1 fully saturated rings. The van der Waals surface area contributed by atoms with Gasteiger partial charge in [-0.25, -0.2) is 0 Å². The first-order valence-electron chi connectivity index (χ1n) is 6.34. The summed E-state index contributed by atoms with van der Waals surface area (Å²) in [5.74, 6) is 0.752. The van der Waals surface area contributed by atoms with E-state index >= 15 is 0 Å². The fourth-order valence-corrected chi connectivity index (χ4v) is 2.24. The molecule has 0 N–H and O–H groups in total. The van der Waals surface area contributed by atoms with Crippen LogP contribution in [0, 0.1) is 0 Å². The number of morpholine rings is 1. The second kappa shape index (κ2) is 5.45. The number of ether oxygens (including phenoxy) is 1. The molecule has 0 bridgehead atoms. The van der Waals surface area contributed by atoms with Gasteiger partial charge in [-0.2, -0.15) is 9.90 Å². The quantitative estimate of drug-likeness (QED) is 0.727. The minimum Gasteiger partial charge on any atom is -0.374 e. The van der Waals surface area contributed by atoms with Gasteiger partial charge in [0.1, 0.15) is 0 Å². The lowest BCUT2D eigenvalue weighted by Crippen LogP contribution is -2.43. The van der Waals surface area contributed by atoms with Gasteiger partial charge in [-0.15, -0.1) is 10.2 Å². The molecule has 3 rings (SSSR count). The van der Waals surface area contributed by atoms with E-state index in [2.05, 4.69) is 25.4 Å². The number of nitrogens with zero attached hydrogens (tertiary/aromatic N) is 7. The van der Waals surface area contributed by atoms with Crippen molar-refractivity contribution >= 4 is 0 Å². The molecule has 19 heavy (non-hydrogen) atoms. The van der Waals surface area contributed by atoms with Gasteiger partial charge in [-0.05, 0) is 11.3 Å². The summed E-state index contributed by atoms with van der Waals surface area (Å²) >= 11 is 0. The lowest BCUT2D eigenvalue weighted by molar-refractivity contribution is -0.0409. The van der Waals surface area contributed by atoms with Gasteiger partial charge in [0.05, 0.1) is 32.8 Å². The molecule has 3 heterocycles. The van der Waals surface area contributed by atoms with E-state index in [1.165, 1.54) is 4.80 Å². The maximum absolute atomic E-state index is 5.76. The molecule has 1 aliphatic heterocycles. The molecule has 2 aromatic heterocycles. The second-order valence-corrected chi connectivity index (χ2v) is 4.65. The SMILES string of the molecule is Cn1nnc(CN2CCOC(Cn3cccn3)C2)n1. The zero-order valence-electron chi connectivity index (χ0n) is 10.9. The van der Waals surface area contributed by atoms with E-state index < -0.39 is 0 Å². The maximum Gasteiger partial charge on any atom is 0.188 e. The largest absolute Gasteiger partial charge is 0.374 e. The topological polar surface area (TPSA) is 73.9 Å². The molecule has 0 amide bonds. The Morgan fingerprint density at radius 2 is 2.42 bits per heavy atom. The smallest absolute Gasteiger partial charge is 0.188 e. The Morgan fingerprint density at radius 1 is 1.47 bits per heavy atom. The van der Waals surface area contributed by atoms with Gasteiger partial charge in [0.2, 0.25) is 0 Å². The monoisotopic (exact) mass is 263 g/mol. The van der Waals surface area contributed by atoms with Crippen LogP contribution >= 0.6 is 0 Å². The van der Waals surface area contributed by atoms with Crippen molar-refractivity contribution in [1.82, 2.24) is 34.9 Å². The van der Waals surface area contributed by atoms with Crippen LogP contribution in [0.15, 0.2) is 18.5 Å². The zero-order chi connectivity index (χ0) is 13.1. The predicted octanol–water partition coefficient (Wildman–Crippen LogP) is -0.692. The standard InChI is InChI=1S/C11H17N7O/c1-16-14-11(13-15-16)9-17-5-6-19-10(7-17)8-18-4-2-3-12-18/h2-4,10H,5-9H2,1H3. The van der Waals surface area contributed by atoms with Crippen molar-refractivity contribution in [3.05, 3.63) is 24.3 Å². The summed E-state index contributed by atoms with van der Waals surface area (Å²) in [6, 6.07) is 1.92. The highest BCUT2D eigenvalue weighted by molar-refractivity contribution is 4.82. The molecule has 0 saturated carbocycles. The van der Waals surface area contributed by atoms with Crippen molar-refractivity contribution in [2.24, 2.45) is 7.05 Å². The Balaban J connectivity index is 1.55. The molecule has 1 aliphatic rings. The molecule has 1 atom stereocenters. The number of rotatable bonds is 4. The summed E-state index contributed by atoms with van der Waals surface area (Å²) in [4.78, 5) is 3.77. The minimum absolute atomic E-state index is 0.158. The van der Waals surface area contributed by atoms with Crippen molar-refractivity contribution in [1.29, 1.82) is 0 Å². The van der Waals surface area contributed by atoms with Crippen LogP contribution in [0.5, 0.6) is 0 Å². The van der Waals surface area contributed by atoms with E-state index in [1.807, 2.05) is 16.9 Å². The highest BCUT2D eigenvalue weighted by Crippen LogP contribution is 2.09. The van der Waals surface area contributed by atoms with Crippen molar-refractivity contribution in [2.45, 2.75) is 19.2 Å². The van der Waals surface area contributed by atoms with Gasteiger partial charge in [-0.3, -0.25) is 9.58 Å². The number of hydrogen-bond acceptors (Lipinski definition) is 6. The van der Waals surface area contributed by atoms with Crippen LogP contribution in [-0.2, 0) is 24.9 Å². The summed E-state index contributed by atoms with van der Waals surface area (Å²) in [6.07, 6.45) is 3.89. The van der Waals surface area contributed by atoms with E-state index in [1.54, 1.807) is 13.2 Å². The molecule has 0 radical (unpaired) electrons. The van der Waals surface area contributed by atoms with Gasteiger partial charge in [-0.1, -0.05) is 0 Å². The average molecular weight is 263 g/mol. The summed E-state index contributed by atoms with van der Waals surface area (Å²) in [5.41, 5.74) is 0. The number of hydrogen-bond donors (Lipinski definition) is 0. The highest BCUT2D eigenvalue weighted by atomic mass is 16.5. The van der Waals surface area contributed by atoms with Crippen molar-refractivity contribution in [3.8, 4) is 0 Å². The van der Waals surface area contributed by atoms with Crippen LogP contribution in [0.4, 0.5) is 0 Å². The Morgan fingerprint density at radius 3 is 3.16 bits per heavy atom. The zero-order valence-corrected chi connectivity index (χ0v) is 10.9. The fraction of sp³-hybridized carbons (Fsp3) is 0.636. The Kier molecular flexibility index (Phi) is 3.51. The van der Waals surface area contributed by atoms with E-state index in [0.29, 0.717) is 6.54 Å². The first-order valence-corrected chi connectivity index (χ1v) is 6.34. The summed E-state index contributed by atoms with van der Waals surface area (Å²) in [6.45, 7) is 3.97. The summed E-state index contributed by atoms with van der Waals surface area (Å²) in [7, 11) is 1.77. The van der Waals surface area contributed by atoms with Crippen molar-refractivity contribution < 1.29 is 4.74 Å². The molecule has 1 saturated heterocycles. The number of tetrazole rings is 1. The summed E-state index contributed by atoms with van der Waals surface area (Å²) in [5, 5.41) is 16.3. The third-order valence-corrected chi connectivity index (χ3v) is 3.09. The number of aromatic nitrogens is 6. The third-order valence-electron chi connectivity index (χ3n) is 3.09. The van der Waals surface area contributed by atoms with E-state index in [-0.39, 0.29) is 6.10 Å². The van der Waals surface area contributed by atoms with Crippen LogP contribution in [0.25, 0.3) is 0 Å². The van der Waals surface area contributed by atoms with Crippen molar-refractivity contribution in [3.63, 3.8) is 0 Å². The highest BCUT2D eigenvalue weighted by Gasteiger charge is 2.22. The van der Waals surface area contributed by atoms with Crippen LogP contribution < -0.4 is 0 Å². The molecule has 0 aliphatic carbocycles. The average Bonchev–Trinajstić information content (AvgIpc) is 3.02. The van der Waals surface area contributed by atoms with Crippen LogP contribution in [-0.4, -0.2) is 60.7 Å². The van der Waals surface area contributed by atoms with Gasteiger partial charge >= 0.3 is 0 Å². The molecule has 1 unspecified atom stereocenters. The van der Waals surface area contributed by atoms with Crippen molar-refractivity contribution in [2.75, 3.05) is 19.7 Å². The Labute approximate surface area is 111 Å². The second-order valence-electron chi connectivity index (χ2n) is 4.65. The molecular formula is C11H17N7O. The first kappa shape index (κ1) is 12.2. The Bertz CT molecular complexity index is 509. The van der Waals surface area contributed by atoms with Crippen LogP contribution in [0.2, 0.25) is 0 Å². The van der Waals surface area contributed by atoms with Gasteiger partial charge in [0.15, 0.2) is 5.82 Å². The first-order chi connectivity index (χ1) is 9.29. The van der Waals surface area contributed by atoms with Gasteiger partial charge in [0.25, 0.3) is 0 Å². The molecule has 0 spiro atoms. The lowest BCUT2D eigenvalue weighted by Gasteiger charge is -2.31. The van der Waals surface area contributed by atoms with E-state index in [4.69, 9.17) is 4.74 Å². The molecule has 102 valence electrons. The minimum atomic E-state index is 0.158. The predicted molar refractivity (Wildman–Crippen MR) is 66.0 cm³/mol. The Hall–Kier alpha value is -1.80. The van der Waals surface area contributed by atoms with Gasteiger partial charge in [0, 0.05) is 25.5 Å². The lowest BCUT2D eigenvalue weighted by atomic mass is 10.2. The maximum atomic E-state index is 5.76. The molecule has 2 aromatic rings. The molecular weight excluding hydrogens is 246 g/mol.